The van der Waals surface area contributed by atoms with Crippen LogP contribution in [-0.4, -0.2) is 24.8 Å². The molecule has 0 aliphatic carbocycles. The van der Waals surface area contributed by atoms with Gasteiger partial charge in [-0.2, -0.15) is 22.9 Å². The fourth-order valence-corrected chi connectivity index (χ4v) is 3.57. The normalized spacial score (nSPS) is 11.6. The maximum Gasteiger partial charge on any atom is 0.416 e. The largest absolute Gasteiger partial charge is 0.416 e. The molecule has 164 valence electrons. The predicted molar refractivity (Wildman–Crippen MR) is 119 cm³/mol. The fourth-order valence-electron chi connectivity index (χ4n) is 3.57. The molecule has 0 radical (unpaired) electrons. The first kappa shape index (κ1) is 20.6. The van der Waals surface area contributed by atoms with Crippen LogP contribution in [0.15, 0.2) is 79.1 Å². The van der Waals surface area contributed by atoms with Gasteiger partial charge in [-0.15, -0.1) is 5.10 Å². The number of aryl methyl sites for hydroxylation is 1. The van der Waals surface area contributed by atoms with E-state index in [0.717, 1.165) is 29.1 Å². The van der Waals surface area contributed by atoms with Crippen LogP contribution in [0.1, 0.15) is 11.3 Å². The molecule has 0 aliphatic heterocycles. The molecule has 5 rings (SSSR count). The minimum atomic E-state index is -4.45. The number of halogens is 3. The van der Waals surface area contributed by atoms with Crippen LogP contribution in [0.25, 0.3) is 27.9 Å². The Morgan fingerprint density at radius 1 is 0.818 bits per heavy atom. The van der Waals surface area contributed by atoms with E-state index in [9.17, 15) is 13.2 Å². The average molecular weight is 446 g/mol. The molecule has 0 spiro atoms. The van der Waals surface area contributed by atoms with Crippen LogP contribution in [0.4, 0.5) is 24.8 Å². The smallest absolute Gasteiger partial charge is 0.324 e. The van der Waals surface area contributed by atoms with Gasteiger partial charge >= 0.3 is 6.18 Å². The second-order valence-electron chi connectivity index (χ2n) is 7.43. The Bertz CT molecular complexity index is 1430. The van der Waals surface area contributed by atoms with Crippen LogP contribution in [0.2, 0.25) is 0 Å². The van der Waals surface area contributed by atoms with E-state index in [1.165, 1.54) is 10.7 Å². The van der Waals surface area contributed by atoms with Crippen LogP contribution < -0.4 is 5.32 Å². The third kappa shape index (κ3) is 4.12. The molecule has 33 heavy (non-hydrogen) atoms. The Morgan fingerprint density at radius 2 is 1.58 bits per heavy atom. The van der Waals surface area contributed by atoms with Crippen LogP contribution >= 0.6 is 0 Å². The van der Waals surface area contributed by atoms with Gasteiger partial charge in [-0.1, -0.05) is 24.3 Å². The maximum absolute atomic E-state index is 13.3. The molecule has 0 aliphatic rings. The van der Waals surface area contributed by atoms with E-state index in [2.05, 4.69) is 25.5 Å². The van der Waals surface area contributed by atoms with Crippen molar-refractivity contribution in [2.45, 2.75) is 13.1 Å². The number of anilines is 2. The van der Waals surface area contributed by atoms with Crippen molar-refractivity contribution in [1.82, 2.24) is 24.8 Å². The van der Waals surface area contributed by atoms with Crippen molar-refractivity contribution in [1.29, 1.82) is 0 Å². The van der Waals surface area contributed by atoms with Crippen LogP contribution in [-0.2, 0) is 6.18 Å². The van der Waals surface area contributed by atoms with Gasteiger partial charge in [-0.3, -0.25) is 0 Å². The molecule has 1 N–H and O–H groups in total. The summed E-state index contributed by atoms with van der Waals surface area (Å²) in [5, 5.41) is 12.1. The van der Waals surface area contributed by atoms with Gasteiger partial charge in [-0.25, -0.2) is 9.97 Å². The summed E-state index contributed by atoms with van der Waals surface area (Å²) in [4.78, 5) is 8.28. The Labute approximate surface area is 186 Å². The topological polar surface area (TPSA) is 68.0 Å². The van der Waals surface area contributed by atoms with Gasteiger partial charge in [-0.05, 0) is 55.0 Å². The molecule has 2 aromatic carbocycles. The number of aromatic nitrogens is 5. The van der Waals surface area contributed by atoms with Gasteiger partial charge < -0.3 is 5.32 Å². The minimum absolute atomic E-state index is 0.364. The van der Waals surface area contributed by atoms with Crippen LogP contribution in [0, 0.1) is 6.92 Å². The lowest BCUT2D eigenvalue weighted by Crippen LogP contribution is -2.04. The van der Waals surface area contributed by atoms with Crippen LogP contribution in [0.3, 0.4) is 0 Å². The summed E-state index contributed by atoms with van der Waals surface area (Å²) in [6, 6.07) is 18.1. The number of nitrogens with one attached hydrogen (secondary N) is 1. The zero-order valence-electron chi connectivity index (χ0n) is 17.4. The Balaban J connectivity index is 1.62. The molecule has 3 heterocycles. The number of nitrogens with zero attached hydrogens (tertiary/aromatic N) is 5. The molecule has 0 saturated carbocycles. The number of benzene rings is 2. The van der Waals surface area contributed by atoms with Crippen molar-refractivity contribution in [3.8, 4) is 22.4 Å². The summed E-state index contributed by atoms with van der Waals surface area (Å²) < 4.78 is 41.5. The summed E-state index contributed by atoms with van der Waals surface area (Å²) in [5.41, 5.74) is 3.77. The molecule has 6 nitrogen and oxygen atoms in total. The van der Waals surface area contributed by atoms with E-state index < -0.39 is 11.7 Å². The molecule has 0 fully saturated rings. The van der Waals surface area contributed by atoms with Gasteiger partial charge in [0.25, 0.3) is 0 Å². The van der Waals surface area contributed by atoms with Crippen molar-refractivity contribution >= 4 is 17.2 Å². The monoisotopic (exact) mass is 446 g/mol. The zero-order chi connectivity index (χ0) is 23.0. The van der Waals surface area contributed by atoms with Crippen LogP contribution in [0.5, 0.6) is 0 Å². The zero-order valence-corrected chi connectivity index (χ0v) is 17.4. The summed E-state index contributed by atoms with van der Waals surface area (Å²) in [7, 11) is 0. The standard InChI is InChI=1S/C24H17F3N6/c1-15-6-11-20-21(16-7-9-19(10-8-16)30-23-28-12-3-13-29-23)22(32-33(20)31-15)17-4-2-5-18(14-17)24(25,26)27/h2-14H,1H3,(H,28,29,30). The predicted octanol–water partition coefficient (Wildman–Crippen LogP) is 5.92. The SMILES string of the molecule is Cc1ccc2c(-c3ccc(Nc4ncccn4)cc3)c(-c3cccc(C(F)(F)F)c3)nn2n1. The van der Waals surface area contributed by atoms with Crippen molar-refractivity contribution in [3.05, 3.63) is 90.4 Å². The highest BCUT2D eigenvalue weighted by Gasteiger charge is 2.31. The summed E-state index contributed by atoms with van der Waals surface area (Å²) in [6.45, 7) is 1.83. The first-order chi connectivity index (χ1) is 15.9. The lowest BCUT2D eigenvalue weighted by molar-refractivity contribution is -0.137. The number of alkyl halides is 3. The Kier molecular flexibility index (Phi) is 5.01. The van der Waals surface area contributed by atoms with Gasteiger partial charge in [0.05, 0.1) is 16.8 Å². The molecule has 0 saturated heterocycles. The molecule has 5 aromatic rings. The van der Waals surface area contributed by atoms with Gasteiger partial charge in [0, 0.05) is 29.2 Å². The number of rotatable bonds is 4. The molecule has 9 heteroatoms. The molecule has 0 bridgehead atoms. The van der Waals surface area contributed by atoms with E-state index in [1.807, 2.05) is 43.3 Å². The Morgan fingerprint density at radius 3 is 2.30 bits per heavy atom. The minimum Gasteiger partial charge on any atom is -0.324 e. The number of hydrogen-bond donors (Lipinski definition) is 1. The highest BCUT2D eigenvalue weighted by molar-refractivity contribution is 5.92. The quantitative estimate of drug-likeness (QED) is 0.371. The van der Waals surface area contributed by atoms with E-state index >= 15 is 0 Å². The highest BCUT2D eigenvalue weighted by atomic mass is 19.4. The molecular formula is C24H17F3N6. The molecule has 3 aromatic heterocycles. The van der Waals surface area contributed by atoms with Crippen molar-refractivity contribution in [3.63, 3.8) is 0 Å². The molecule has 0 amide bonds. The highest BCUT2D eigenvalue weighted by Crippen LogP contribution is 2.38. The molecule has 0 atom stereocenters. The lowest BCUT2D eigenvalue weighted by Gasteiger charge is -2.09. The third-order valence-electron chi connectivity index (χ3n) is 5.10. The van der Waals surface area contributed by atoms with Gasteiger partial charge in [0.1, 0.15) is 5.69 Å². The number of fused-ring (bicyclic) bond motifs is 1. The second kappa shape index (κ2) is 8.01. The number of hydrogen-bond acceptors (Lipinski definition) is 5. The first-order valence-corrected chi connectivity index (χ1v) is 10.1. The summed E-state index contributed by atoms with van der Waals surface area (Å²) in [6.07, 6.45) is -1.17. The van der Waals surface area contributed by atoms with E-state index in [-0.39, 0.29) is 0 Å². The van der Waals surface area contributed by atoms with Gasteiger partial charge in [0.15, 0.2) is 0 Å². The van der Waals surface area contributed by atoms with Crippen molar-refractivity contribution in [2.75, 3.05) is 5.32 Å². The van der Waals surface area contributed by atoms with E-state index in [4.69, 9.17) is 0 Å². The molecule has 0 unspecified atom stereocenters. The first-order valence-electron chi connectivity index (χ1n) is 10.1. The Hall–Kier alpha value is -4.27. The molecular weight excluding hydrogens is 429 g/mol. The fraction of sp³-hybridized carbons (Fsp3) is 0.0833. The average Bonchev–Trinajstić information content (AvgIpc) is 3.18. The van der Waals surface area contributed by atoms with E-state index in [0.29, 0.717) is 28.3 Å². The summed E-state index contributed by atoms with van der Waals surface area (Å²) in [5.74, 6) is 0.463. The lowest BCUT2D eigenvalue weighted by atomic mass is 9.98. The van der Waals surface area contributed by atoms with Crippen molar-refractivity contribution < 1.29 is 13.2 Å². The van der Waals surface area contributed by atoms with E-state index in [1.54, 1.807) is 24.5 Å². The third-order valence-corrected chi connectivity index (χ3v) is 5.10. The van der Waals surface area contributed by atoms with Gasteiger partial charge in [0.2, 0.25) is 5.95 Å². The summed E-state index contributed by atoms with van der Waals surface area (Å²) >= 11 is 0. The van der Waals surface area contributed by atoms with Crippen molar-refractivity contribution in [2.24, 2.45) is 0 Å². The maximum atomic E-state index is 13.3. The second-order valence-corrected chi connectivity index (χ2v) is 7.43.